The number of esters is 1. The van der Waals surface area contributed by atoms with Gasteiger partial charge in [0.1, 0.15) is 5.01 Å². The van der Waals surface area contributed by atoms with Gasteiger partial charge in [0, 0.05) is 23.9 Å². The molecule has 0 spiro atoms. The minimum absolute atomic E-state index is 0.00549. The molecule has 0 unspecified atom stereocenters. The number of hydrogen-bond donors (Lipinski definition) is 0. The first-order valence-electron chi connectivity index (χ1n) is 7.16. The normalized spacial score (nSPS) is 30.2. The number of hydrogen-bond acceptors (Lipinski definition) is 5. The first-order valence-corrected chi connectivity index (χ1v) is 7.97. The Kier molecular flexibility index (Phi) is 2.84. The van der Waals surface area contributed by atoms with Gasteiger partial charge in [0.25, 0.3) is 0 Å². The van der Waals surface area contributed by atoms with Crippen molar-refractivity contribution in [2.45, 2.75) is 32.2 Å². The highest BCUT2D eigenvalue weighted by atomic mass is 32.1. The molecule has 4 nitrogen and oxygen atoms in total. The van der Waals surface area contributed by atoms with E-state index >= 15 is 0 Å². The topological polar surface area (TPSA) is 42.4 Å². The lowest BCUT2D eigenvalue weighted by molar-refractivity contribution is -0.141. The van der Waals surface area contributed by atoms with Gasteiger partial charge in [-0.1, -0.05) is 0 Å². The predicted molar refractivity (Wildman–Crippen MR) is 72.0 cm³/mol. The second kappa shape index (κ2) is 4.56. The number of likely N-dealkylation sites (tertiary alicyclic amines) is 1. The molecule has 2 saturated heterocycles. The number of thiazole rings is 1. The Bertz CT molecular complexity index is 490. The smallest absolute Gasteiger partial charge is 0.310 e. The van der Waals surface area contributed by atoms with Crippen LogP contribution in [0.5, 0.6) is 0 Å². The van der Waals surface area contributed by atoms with E-state index in [1.807, 2.05) is 11.3 Å². The maximum Gasteiger partial charge on any atom is 0.310 e. The number of aromatic nitrogens is 1. The van der Waals surface area contributed by atoms with Crippen LogP contribution in [-0.4, -0.2) is 35.5 Å². The molecular weight excluding hydrogens is 260 g/mol. The Hall–Kier alpha value is -0.940. The van der Waals surface area contributed by atoms with E-state index in [-0.39, 0.29) is 11.9 Å². The molecule has 2 atom stereocenters. The average Bonchev–Trinajstić information content (AvgIpc) is 3.06. The predicted octanol–water partition coefficient (Wildman–Crippen LogP) is 1.63. The van der Waals surface area contributed by atoms with Gasteiger partial charge in [-0.15, -0.1) is 11.3 Å². The Morgan fingerprint density at radius 1 is 1.32 bits per heavy atom. The first kappa shape index (κ1) is 11.9. The summed E-state index contributed by atoms with van der Waals surface area (Å²) in [4.78, 5) is 20.2. The lowest BCUT2D eigenvalue weighted by atomic mass is 10.0. The summed E-state index contributed by atoms with van der Waals surface area (Å²) in [6, 6.07) is 0. The molecule has 4 rings (SSSR count). The molecule has 2 aliphatic heterocycles. The van der Waals surface area contributed by atoms with E-state index in [0.29, 0.717) is 12.5 Å². The van der Waals surface area contributed by atoms with Crippen LogP contribution < -0.4 is 0 Å². The van der Waals surface area contributed by atoms with Crippen LogP contribution in [0.3, 0.4) is 0 Å². The summed E-state index contributed by atoms with van der Waals surface area (Å²) in [5.41, 5.74) is 1.34. The quantitative estimate of drug-likeness (QED) is 0.771. The summed E-state index contributed by atoms with van der Waals surface area (Å²) >= 11 is 1.88. The maximum absolute atomic E-state index is 11.6. The van der Waals surface area contributed by atoms with Crippen LogP contribution in [0, 0.1) is 11.8 Å². The molecular formula is C14H18N2O2S. The summed E-state index contributed by atoms with van der Waals surface area (Å²) in [5.74, 6) is 0.544. The second-order valence-corrected chi connectivity index (χ2v) is 7.04. The van der Waals surface area contributed by atoms with E-state index in [1.165, 1.54) is 34.8 Å². The number of carbonyl (C=O) groups is 1. The van der Waals surface area contributed by atoms with Crippen LogP contribution in [0.15, 0.2) is 0 Å². The van der Waals surface area contributed by atoms with E-state index in [2.05, 4.69) is 4.90 Å². The van der Waals surface area contributed by atoms with Crippen LogP contribution in [0.4, 0.5) is 0 Å². The van der Waals surface area contributed by atoms with Crippen molar-refractivity contribution in [2.75, 3.05) is 19.7 Å². The third-order valence-electron chi connectivity index (χ3n) is 4.51. The Morgan fingerprint density at radius 3 is 3.05 bits per heavy atom. The number of cyclic esters (lactones) is 1. The molecule has 102 valence electrons. The van der Waals surface area contributed by atoms with Crippen molar-refractivity contribution in [1.29, 1.82) is 0 Å². The summed E-state index contributed by atoms with van der Waals surface area (Å²) in [5, 5.41) is 1.24. The number of aryl methyl sites for hydroxylation is 2. The van der Waals surface area contributed by atoms with E-state index in [4.69, 9.17) is 9.72 Å². The molecule has 1 aromatic heterocycles. The average molecular weight is 278 g/mol. The molecule has 0 aromatic carbocycles. The van der Waals surface area contributed by atoms with Gasteiger partial charge in [-0.25, -0.2) is 4.98 Å². The summed E-state index contributed by atoms with van der Waals surface area (Å²) in [6.45, 7) is 3.38. The lowest BCUT2D eigenvalue weighted by Crippen LogP contribution is -2.23. The fraction of sp³-hybridized carbons (Fsp3) is 0.714. The van der Waals surface area contributed by atoms with Gasteiger partial charge >= 0.3 is 5.97 Å². The zero-order valence-corrected chi connectivity index (χ0v) is 11.7. The summed E-state index contributed by atoms with van der Waals surface area (Å²) < 4.78 is 5.11. The molecule has 0 N–H and O–H groups in total. The minimum Gasteiger partial charge on any atom is -0.465 e. The minimum atomic E-state index is 0.00549. The molecule has 19 heavy (non-hydrogen) atoms. The largest absolute Gasteiger partial charge is 0.465 e. The van der Waals surface area contributed by atoms with Crippen molar-refractivity contribution >= 4 is 17.3 Å². The van der Waals surface area contributed by atoms with Gasteiger partial charge in [-0.05, 0) is 25.7 Å². The van der Waals surface area contributed by atoms with Crippen molar-refractivity contribution in [3.05, 3.63) is 15.6 Å². The van der Waals surface area contributed by atoms with Crippen molar-refractivity contribution < 1.29 is 9.53 Å². The third kappa shape index (κ3) is 2.09. The van der Waals surface area contributed by atoms with E-state index in [0.717, 1.165) is 26.1 Å². The molecule has 1 aromatic rings. The zero-order chi connectivity index (χ0) is 12.8. The van der Waals surface area contributed by atoms with Gasteiger partial charge < -0.3 is 4.74 Å². The van der Waals surface area contributed by atoms with Gasteiger partial charge in [-0.2, -0.15) is 0 Å². The van der Waals surface area contributed by atoms with Gasteiger partial charge in [0.15, 0.2) is 0 Å². The van der Waals surface area contributed by atoms with Crippen LogP contribution in [0.1, 0.15) is 28.4 Å². The summed E-state index contributed by atoms with van der Waals surface area (Å²) in [7, 11) is 0. The number of rotatable bonds is 2. The molecule has 3 aliphatic rings. The molecule has 0 bridgehead atoms. The van der Waals surface area contributed by atoms with Gasteiger partial charge in [0.05, 0.1) is 24.8 Å². The molecule has 0 radical (unpaired) electrons. The highest BCUT2D eigenvalue weighted by Crippen LogP contribution is 2.33. The Morgan fingerprint density at radius 2 is 2.21 bits per heavy atom. The van der Waals surface area contributed by atoms with Crippen LogP contribution in [0.2, 0.25) is 0 Å². The molecule has 3 heterocycles. The third-order valence-corrected chi connectivity index (χ3v) is 5.65. The van der Waals surface area contributed by atoms with Crippen LogP contribution in [0.25, 0.3) is 0 Å². The molecule has 0 saturated carbocycles. The second-order valence-electron chi connectivity index (χ2n) is 5.88. The first-order chi connectivity index (χ1) is 9.29. The fourth-order valence-electron chi connectivity index (χ4n) is 3.49. The van der Waals surface area contributed by atoms with Crippen molar-refractivity contribution in [2.24, 2.45) is 11.8 Å². The highest BCUT2D eigenvalue weighted by Gasteiger charge is 2.43. The van der Waals surface area contributed by atoms with E-state index in [1.54, 1.807) is 0 Å². The van der Waals surface area contributed by atoms with E-state index in [9.17, 15) is 4.79 Å². The number of carbonyl (C=O) groups excluding carboxylic acids is 1. The van der Waals surface area contributed by atoms with Gasteiger partial charge in [0.2, 0.25) is 0 Å². The van der Waals surface area contributed by atoms with Crippen LogP contribution in [-0.2, 0) is 28.9 Å². The molecule has 0 amide bonds. The number of ether oxygens (including phenoxy) is 1. The lowest BCUT2D eigenvalue weighted by Gasteiger charge is -2.14. The molecule has 5 heteroatoms. The van der Waals surface area contributed by atoms with Gasteiger partial charge in [-0.3, -0.25) is 9.69 Å². The fourth-order valence-corrected chi connectivity index (χ4v) is 4.69. The Balaban J connectivity index is 1.45. The Labute approximate surface area is 116 Å². The SMILES string of the molecule is O=C1OC[C@H]2CN(Cc3nc4c(s3)CCCC4)C[C@@H]12. The monoisotopic (exact) mass is 278 g/mol. The van der Waals surface area contributed by atoms with Crippen molar-refractivity contribution in [1.82, 2.24) is 9.88 Å². The molecule has 2 fully saturated rings. The van der Waals surface area contributed by atoms with Crippen molar-refractivity contribution in [3.63, 3.8) is 0 Å². The number of nitrogens with zero attached hydrogens (tertiary/aromatic N) is 2. The number of fused-ring (bicyclic) bond motifs is 2. The summed E-state index contributed by atoms with van der Waals surface area (Å²) in [6.07, 6.45) is 4.97. The van der Waals surface area contributed by atoms with Crippen LogP contribution >= 0.6 is 11.3 Å². The van der Waals surface area contributed by atoms with Crippen molar-refractivity contribution in [3.8, 4) is 0 Å². The maximum atomic E-state index is 11.6. The zero-order valence-electron chi connectivity index (χ0n) is 10.9. The highest BCUT2D eigenvalue weighted by molar-refractivity contribution is 7.11. The standard InChI is InChI=1S/C14H18N2O2S/c17-14-10-6-16(5-9(10)8-18-14)7-13-15-11-3-1-2-4-12(11)19-13/h9-10H,1-8H2/t9-,10-/m1/s1. The van der Waals surface area contributed by atoms with E-state index < -0.39 is 0 Å². The molecule has 1 aliphatic carbocycles.